The van der Waals surface area contributed by atoms with Gasteiger partial charge < -0.3 is 14.5 Å². The van der Waals surface area contributed by atoms with Crippen LogP contribution in [0, 0.1) is 24.6 Å². The van der Waals surface area contributed by atoms with E-state index in [1.54, 1.807) is 30.0 Å². The third-order valence-electron chi connectivity index (χ3n) is 5.42. The fraction of sp³-hybridized carbons (Fsp3) is 0.444. The Hall–Kier alpha value is -2.21. The molecule has 3 atom stereocenters. The fourth-order valence-corrected chi connectivity index (χ4v) is 4.18. The predicted octanol–water partition coefficient (Wildman–Crippen LogP) is 2.49. The average molecular weight is 330 g/mol. The number of likely N-dealkylation sites (tertiary alicyclic amines) is 1. The van der Waals surface area contributed by atoms with Crippen molar-refractivity contribution in [2.75, 3.05) is 13.1 Å². The van der Waals surface area contributed by atoms with Gasteiger partial charge in [0.15, 0.2) is 0 Å². The second-order valence-corrected chi connectivity index (χ2v) is 6.88. The van der Waals surface area contributed by atoms with E-state index >= 15 is 0 Å². The zero-order chi connectivity index (χ0) is 16.9. The maximum atomic E-state index is 13.2. The van der Waals surface area contributed by atoms with E-state index in [0.29, 0.717) is 25.2 Å². The predicted molar refractivity (Wildman–Crippen MR) is 83.7 cm³/mol. The number of fused-ring (bicyclic) bond motifs is 1. The van der Waals surface area contributed by atoms with Crippen molar-refractivity contribution < 1.29 is 18.8 Å². The standard InChI is InChI=1S/C18H19FN2O3/c1-11-8-16(24-20-11)17(22)21-9-12-6-7-18(23,15(12)10-21)13-2-4-14(19)5-3-13/h2-5,8,12,15,23H,6-7,9-10H2,1H3/t12-,15+,18+/m1/s1. The summed E-state index contributed by atoms with van der Waals surface area (Å²) in [7, 11) is 0. The molecule has 4 rings (SSSR count). The van der Waals surface area contributed by atoms with Crippen LogP contribution < -0.4 is 0 Å². The molecule has 1 aromatic heterocycles. The van der Waals surface area contributed by atoms with E-state index in [1.807, 2.05) is 0 Å². The zero-order valence-electron chi connectivity index (χ0n) is 13.4. The molecule has 1 saturated heterocycles. The lowest BCUT2D eigenvalue weighted by Gasteiger charge is -2.30. The molecule has 2 aliphatic rings. The summed E-state index contributed by atoms with van der Waals surface area (Å²) in [5, 5.41) is 15.0. The van der Waals surface area contributed by atoms with Gasteiger partial charge in [0.1, 0.15) is 5.82 Å². The summed E-state index contributed by atoms with van der Waals surface area (Å²) >= 11 is 0. The highest BCUT2D eigenvalue weighted by atomic mass is 19.1. The number of rotatable bonds is 2. The number of halogens is 1. The monoisotopic (exact) mass is 330 g/mol. The van der Waals surface area contributed by atoms with E-state index < -0.39 is 5.60 Å². The van der Waals surface area contributed by atoms with E-state index in [-0.39, 0.29) is 29.3 Å². The third-order valence-corrected chi connectivity index (χ3v) is 5.42. The highest BCUT2D eigenvalue weighted by molar-refractivity contribution is 5.91. The Bertz CT molecular complexity index is 773. The van der Waals surface area contributed by atoms with Crippen LogP contribution in [0.3, 0.4) is 0 Å². The first-order valence-electron chi connectivity index (χ1n) is 8.18. The Morgan fingerprint density at radius 2 is 2.12 bits per heavy atom. The van der Waals surface area contributed by atoms with Crippen molar-refractivity contribution in [3.8, 4) is 0 Å². The number of benzene rings is 1. The van der Waals surface area contributed by atoms with Gasteiger partial charge in [0.05, 0.1) is 11.3 Å². The van der Waals surface area contributed by atoms with Gasteiger partial charge in [-0.05, 0) is 43.4 Å². The van der Waals surface area contributed by atoms with Gasteiger partial charge in [0.25, 0.3) is 5.91 Å². The van der Waals surface area contributed by atoms with Gasteiger partial charge >= 0.3 is 0 Å². The van der Waals surface area contributed by atoms with Crippen molar-refractivity contribution in [3.05, 3.63) is 53.2 Å². The fourth-order valence-electron chi connectivity index (χ4n) is 4.18. The molecular formula is C18H19FN2O3. The van der Waals surface area contributed by atoms with Gasteiger partial charge in [-0.3, -0.25) is 4.79 Å². The SMILES string of the molecule is Cc1cc(C(=O)N2C[C@H]3CC[C@](O)(c4ccc(F)cc4)[C@H]3C2)on1. The first-order valence-corrected chi connectivity index (χ1v) is 8.18. The van der Waals surface area contributed by atoms with Crippen LogP contribution in [0.25, 0.3) is 0 Å². The molecule has 126 valence electrons. The summed E-state index contributed by atoms with van der Waals surface area (Å²) in [4.78, 5) is 14.3. The van der Waals surface area contributed by atoms with Gasteiger partial charge in [0.2, 0.25) is 5.76 Å². The minimum absolute atomic E-state index is 0.0454. The molecule has 0 bridgehead atoms. The normalized spacial score (nSPS) is 29.0. The molecule has 1 aliphatic heterocycles. The summed E-state index contributed by atoms with van der Waals surface area (Å²) in [6.45, 7) is 2.84. The van der Waals surface area contributed by atoms with E-state index in [0.717, 1.165) is 12.0 Å². The Balaban J connectivity index is 1.56. The van der Waals surface area contributed by atoms with E-state index in [2.05, 4.69) is 5.16 Å². The van der Waals surface area contributed by atoms with Crippen molar-refractivity contribution >= 4 is 5.91 Å². The molecule has 24 heavy (non-hydrogen) atoms. The van der Waals surface area contributed by atoms with Crippen molar-refractivity contribution in [2.24, 2.45) is 11.8 Å². The molecule has 0 spiro atoms. The van der Waals surface area contributed by atoms with Gasteiger partial charge in [-0.2, -0.15) is 0 Å². The number of amides is 1. The molecule has 2 aromatic rings. The molecule has 0 unspecified atom stereocenters. The van der Waals surface area contributed by atoms with Crippen LogP contribution >= 0.6 is 0 Å². The molecule has 5 nitrogen and oxygen atoms in total. The molecular weight excluding hydrogens is 311 g/mol. The maximum Gasteiger partial charge on any atom is 0.292 e. The Morgan fingerprint density at radius 1 is 1.38 bits per heavy atom. The zero-order valence-corrected chi connectivity index (χ0v) is 13.4. The van der Waals surface area contributed by atoms with Gasteiger partial charge in [-0.15, -0.1) is 0 Å². The number of carbonyl (C=O) groups excluding carboxylic acids is 1. The number of aromatic nitrogens is 1. The number of aliphatic hydroxyl groups is 1. The first kappa shape index (κ1) is 15.3. The molecule has 1 amide bonds. The lowest BCUT2D eigenvalue weighted by molar-refractivity contribution is -0.00610. The summed E-state index contributed by atoms with van der Waals surface area (Å²) in [5.74, 6) is -0.0750. The topological polar surface area (TPSA) is 66.6 Å². The summed E-state index contributed by atoms with van der Waals surface area (Å²) in [5.41, 5.74) is 0.381. The lowest BCUT2D eigenvalue weighted by atomic mass is 9.82. The van der Waals surface area contributed by atoms with Crippen LogP contribution in [0.2, 0.25) is 0 Å². The smallest absolute Gasteiger partial charge is 0.292 e. The van der Waals surface area contributed by atoms with Crippen molar-refractivity contribution in [3.63, 3.8) is 0 Å². The summed E-state index contributed by atoms with van der Waals surface area (Å²) in [6, 6.07) is 7.65. The van der Waals surface area contributed by atoms with Crippen molar-refractivity contribution in [2.45, 2.75) is 25.4 Å². The first-order chi connectivity index (χ1) is 11.5. The van der Waals surface area contributed by atoms with E-state index in [9.17, 15) is 14.3 Å². The summed E-state index contributed by atoms with van der Waals surface area (Å²) in [6.07, 6.45) is 1.48. The van der Waals surface area contributed by atoms with Crippen LogP contribution in [0.1, 0.15) is 34.7 Å². The van der Waals surface area contributed by atoms with Gasteiger partial charge in [-0.1, -0.05) is 17.3 Å². The molecule has 2 heterocycles. The Morgan fingerprint density at radius 3 is 2.79 bits per heavy atom. The largest absolute Gasteiger partial charge is 0.385 e. The minimum atomic E-state index is -1.01. The highest BCUT2D eigenvalue weighted by Gasteiger charge is 2.53. The van der Waals surface area contributed by atoms with Crippen LogP contribution in [0.4, 0.5) is 4.39 Å². The van der Waals surface area contributed by atoms with Crippen molar-refractivity contribution in [1.82, 2.24) is 10.1 Å². The van der Waals surface area contributed by atoms with Crippen molar-refractivity contribution in [1.29, 1.82) is 0 Å². The highest BCUT2D eigenvalue weighted by Crippen LogP contribution is 2.50. The molecule has 1 saturated carbocycles. The van der Waals surface area contributed by atoms with Crippen LogP contribution in [0.5, 0.6) is 0 Å². The third kappa shape index (κ3) is 2.33. The summed E-state index contributed by atoms with van der Waals surface area (Å²) < 4.78 is 18.2. The number of aryl methyl sites for hydroxylation is 1. The molecule has 6 heteroatoms. The van der Waals surface area contributed by atoms with E-state index in [4.69, 9.17) is 4.52 Å². The van der Waals surface area contributed by atoms with Crippen LogP contribution in [0.15, 0.2) is 34.9 Å². The second-order valence-electron chi connectivity index (χ2n) is 6.88. The number of hydrogen-bond donors (Lipinski definition) is 1. The van der Waals surface area contributed by atoms with Crippen LogP contribution in [-0.2, 0) is 5.60 Å². The lowest BCUT2D eigenvalue weighted by Crippen LogP contribution is -2.36. The number of carbonyl (C=O) groups is 1. The molecule has 1 aliphatic carbocycles. The van der Waals surface area contributed by atoms with Crippen LogP contribution in [-0.4, -0.2) is 34.2 Å². The minimum Gasteiger partial charge on any atom is -0.385 e. The number of hydrogen-bond acceptors (Lipinski definition) is 4. The molecule has 1 aromatic carbocycles. The molecule has 0 radical (unpaired) electrons. The van der Waals surface area contributed by atoms with Gasteiger partial charge in [0, 0.05) is 25.1 Å². The number of nitrogens with zero attached hydrogens (tertiary/aromatic N) is 2. The molecule has 1 N–H and O–H groups in total. The Labute approximate surface area is 139 Å². The molecule has 2 fully saturated rings. The second kappa shape index (κ2) is 5.41. The van der Waals surface area contributed by atoms with E-state index in [1.165, 1.54) is 12.1 Å². The average Bonchev–Trinajstić information content (AvgIpc) is 3.25. The quantitative estimate of drug-likeness (QED) is 0.919. The maximum absolute atomic E-state index is 13.2. The van der Waals surface area contributed by atoms with Gasteiger partial charge in [-0.25, -0.2) is 4.39 Å². The Kier molecular flexibility index (Phi) is 3.46.